The molecule has 0 N–H and O–H groups in total. The SMILES string of the molecule is CCOC(=O)N1CCN(S(=O)(=O)c2ccc(Br)c(OCC)c2)CC1. The average molecular weight is 421 g/mol. The molecule has 1 saturated heterocycles. The summed E-state index contributed by atoms with van der Waals surface area (Å²) in [6.45, 7) is 5.42. The Hall–Kier alpha value is -1.32. The lowest BCUT2D eigenvalue weighted by atomic mass is 10.3. The molecule has 0 radical (unpaired) electrons. The molecule has 1 aromatic rings. The molecule has 134 valence electrons. The van der Waals surface area contributed by atoms with Crippen LogP contribution >= 0.6 is 15.9 Å². The zero-order chi connectivity index (χ0) is 17.7. The van der Waals surface area contributed by atoms with Crippen molar-refractivity contribution in [2.75, 3.05) is 39.4 Å². The number of hydrogen-bond acceptors (Lipinski definition) is 5. The second-order valence-electron chi connectivity index (χ2n) is 5.12. The molecule has 0 spiro atoms. The van der Waals surface area contributed by atoms with Crippen LogP contribution in [0.1, 0.15) is 13.8 Å². The van der Waals surface area contributed by atoms with E-state index in [1.807, 2.05) is 6.92 Å². The molecule has 1 aliphatic heterocycles. The van der Waals surface area contributed by atoms with Gasteiger partial charge in [-0.25, -0.2) is 13.2 Å². The Morgan fingerprint density at radius 1 is 1.17 bits per heavy atom. The van der Waals surface area contributed by atoms with Crippen LogP contribution in [-0.4, -0.2) is 63.1 Å². The van der Waals surface area contributed by atoms with Crippen molar-refractivity contribution in [3.63, 3.8) is 0 Å². The minimum atomic E-state index is -3.63. The van der Waals surface area contributed by atoms with Gasteiger partial charge in [0.15, 0.2) is 0 Å². The lowest BCUT2D eigenvalue weighted by Gasteiger charge is -2.33. The summed E-state index contributed by atoms with van der Waals surface area (Å²) < 4.78 is 38.0. The Morgan fingerprint density at radius 2 is 1.83 bits per heavy atom. The van der Waals surface area contributed by atoms with E-state index in [4.69, 9.17) is 9.47 Å². The number of amides is 1. The standard InChI is InChI=1S/C15H21BrN2O5S/c1-3-22-14-11-12(5-6-13(14)16)24(20,21)18-9-7-17(8-10-18)15(19)23-4-2/h5-6,11H,3-4,7-10H2,1-2H3. The molecule has 0 unspecified atom stereocenters. The fourth-order valence-corrected chi connectivity index (χ4v) is 4.18. The minimum Gasteiger partial charge on any atom is -0.493 e. The number of halogens is 1. The maximum absolute atomic E-state index is 12.8. The van der Waals surface area contributed by atoms with Crippen LogP contribution in [0.5, 0.6) is 5.75 Å². The van der Waals surface area contributed by atoms with E-state index in [0.29, 0.717) is 36.5 Å². The number of carbonyl (C=O) groups is 1. The normalized spacial score (nSPS) is 16.0. The van der Waals surface area contributed by atoms with E-state index in [-0.39, 0.29) is 18.0 Å². The third-order valence-electron chi connectivity index (χ3n) is 3.60. The molecule has 0 atom stereocenters. The molecule has 2 rings (SSSR count). The topological polar surface area (TPSA) is 76.2 Å². The second-order valence-corrected chi connectivity index (χ2v) is 7.91. The predicted octanol–water partition coefficient (Wildman–Crippen LogP) is 2.31. The lowest BCUT2D eigenvalue weighted by Crippen LogP contribution is -2.50. The molecular weight excluding hydrogens is 400 g/mol. The number of rotatable bonds is 5. The van der Waals surface area contributed by atoms with Gasteiger partial charge >= 0.3 is 6.09 Å². The summed E-state index contributed by atoms with van der Waals surface area (Å²) in [5, 5.41) is 0. The van der Waals surface area contributed by atoms with Gasteiger partial charge in [-0.15, -0.1) is 0 Å². The highest BCUT2D eigenvalue weighted by atomic mass is 79.9. The molecule has 0 aromatic heterocycles. The number of hydrogen-bond donors (Lipinski definition) is 0. The molecule has 0 bridgehead atoms. The Labute approximate surface area is 150 Å². The summed E-state index contributed by atoms with van der Waals surface area (Å²) in [6, 6.07) is 4.72. The van der Waals surface area contributed by atoms with Gasteiger partial charge in [0.25, 0.3) is 0 Å². The Balaban J connectivity index is 2.12. The summed E-state index contributed by atoms with van der Waals surface area (Å²) >= 11 is 3.34. The Bertz CT molecular complexity index is 687. The van der Waals surface area contributed by atoms with Crippen LogP contribution < -0.4 is 4.74 Å². The smallest absolute Gasteiger partial charge is 0.409 e. The molecule has 24 heavy (non-hydrogen) atoms. The van der Waals surface area contributed by atoms with Crippen LogP contribution in [0.25, 0.3) is 0 Å². The minimum absolute atomic E-state index is 0.179. The van der Waals surface area contributed by atoms with E-state index in [1.54, 1.807) is 19.1 Å². The first-order chi connectivity index (χ1) is 11.4. The van der Waals surface area contributed by atoms with Crippen molar-refractivity contribution >= 4 is 32.0 Å². The van der Waals surface area contributed by atoms with E-state index in [9.17, 15) is 13.2 Å². The van der Waals surface area contributed by atoms with Gasteiger partial charge in [-0.3, -0.25) is 0 Å². The Morgan fingerprint density at radius 3 is 2.42 bits per heavy atom. The zero-order valence-electron chi connectivity index (χ0n) is 13.7. The van der Waals surface area contributed by atoms with Gasteiger partial charge in [-0.05, 0) is 41.9 Å². The second kappa shape index (κ2) is 8.17. The summed E-state index contributed by atoms with van der Waals surface area (Å²) in [7, 11) is -3.63. The number of benzene rings is 1. The average Bonchev–Trinajstić information content (AvgIpc) is 2.57. The van der Waals surface area contributed by atoms with Crippen LogP contribution in [0.4, 0.5) is 4.79 Å². The molecule has 9 heteroatoms. The molecule has 1 aromatic carbocycles. The Kier molecular flexibility index (Phi) is 6.47. The first-order valence-electron chi connectivity index (χ1n) is 7.74. The molecule has 1 aliphatic rings. The van der Waals surface area contributed by atoms with Crippen LogP contribution in [0.2, 0.25) is 0 Å². The third kappa shape index (κ3) is 4.20. The van der Waals surface area contributed by atoms with Crippen molar-refractivity contribution in [1.82, 2.24) is 9.21 Å². The molecule has 1 heterocycles. The van der Waals surface area contributed by atoms with Crippen LogP contribution in [0.3, 0.4) is 0 Å². The van der Waals surface area contributed by atoms with Gasteiger partial charge in [0, 0.05) is 32.2 Å². The van der Waals surface area contributed by atoms with Gasteiger partial charge in [0.05, 0.1) is 22.6 Å². The van der Waals surface area contributed by atoms with E-state index in [1.165, 1.54) is 15.3 Å². The van der Waals surface area contributed by atoms with Crippen LogP contribution in [0, 0.1) is 0 Å². The molecule has 7 nitrogen and oxygen atoms in total. The largest absolute Gasteiger partial charge is 0.493 e. The van der Waals surface area contributed by atoms with E-state index < -0.39 is 16.1 Å². The van der Waals surface area contributed by atoms with Gasteiger partial charge in [0.1, 0.15) is 5.75 Å². The van der Waals surface area contributed by atoms with E-state index >= 15 is 0 Å². The van der Waals surface area contributed by atoms with Gasteiger partial charge in [-0.1, -0.05) is 0 Å². The van der Waals surface area contributed by atoms with Crippen LogP contribution in [-0.2, 0) is 14.8 Å². The maximum Gasteiger partial charge on any atom is 0.409 e. The highest BCUT2D eigenvalue weighted by Gasteiger charge is 2.31. The molecule has 1 fully saturated rings. The number of carbonyl (C=O) groups excluding carboxylic acids is 1. The van der Waals surface area contributed by atoms with Gasteiger partial charge in [0.2, 0.25) is 10.0 Å². The summed E-state index contributed by atoms with van der Waals surface area (Å²) in [6.07, 6.45) is -0.406. The van der Waals surface area contributed by atoms with Crippen molar-refractivity contribution in [2.24, 2.45) is 0 Å². The van der Waals surface area contributed by atoms with E-state index in [0.717, 1.165) is 0 Å². The molecular formula is C15H21BrN2O5S. The summed E-state index contributed by atoms with van der Waals surface area (Å²) in [5.74, 6) is 0.490. The van der Waals surface area contributed by atoms with Gasteiger partial charge in [-0.2, -0.15) is 4.31 Å². The summed E-state index contributed by atoms with van der Waals surface area (Å²) in [4.78, 5) is 13.4. The van der Waals surface area contributed by atoms with Crippen molar-refractivity contribution in [3.05, 3.63) is 22.7 Å². The molecule has 1 amide bonds. The maximum atomic E-state index is 12.8. The fraction of sp³-hybridized carbons (Fsp3) is 0.533. The van der Waals surface area contributed by atoms with Crippen LogP contribution in [0.15, 0.2) is 27.6 Å². The lowest BCUT2D eigenvalue weighted by molar-refractivity contribution is 0.0934. The highest BCUT2D eigenvalue weighted by Crippen LogP contribution is 2.29. The zero-order valence-corrected chi connectivity index (χ0v) is 16.1. The third-order valence-corrected chi connectivity index (χ3v) is 6.15. The van der Waals surface area contributed by atoms with Crippen molar-refractivity contribution in [1.29, 1.82) is 0 Å². The first kappa shape index (κ1) is 19.0. The highest BCUT2D eigenvalue weighted by molar-refractivity contribution is 9.10. The van der Waals surface area contributed by atoms with Crippen molar-refractivity contribution < 1.29 is 22.7 Å². The van der Waals surface area contributed by atoms with Crippen molar-refractivity contribution in [2.45, 2.75) is 18.7 Å². The van der Waals surface area contributed by atoms with Gasteiger partial charge < -0.3 is 14.4 Å². The number of sulfonamides is 1. The quantitative estimate of drug-likeness (QED) is 0.730. The molecule has 0 saturated carbocycles. The number of piperazine rings is 1. The predicted molar refractivity (Wildman–Crippen MR) is 92.7 cm³/mol. The first-order valence-corrected chi connectivity index (χ1v) is 9.97. The fourth-order valence-electron chi connectivity index (χ4n) is 2.39. The number of nitrogens with zero attached hydrogens (tertiary/aromatic N) is 2. The number of ether oxygens (including phenoxy) is 2. The van der Waals surface area contributed by atoms with E-state index in [2.05, 4.69) is 15.9 Å². The van der Waals surface area contributed by atoms with Crippen molar-refractivity contribution in [3.8, 4) is 5.75 Å². The monoisotopic (exact) mass is 420 g/mol. The summed E-state index contributed by atoms with van der Waals surface area (Å²) in [5.41, 5.74) is 0. The molecule has 0 aliphatic carbocycles.